The average Bonchev–Trinajstić information content (AvgIpc) is 2.52. The maximum atomic E-state index is 5.40. The summed E-state index contributed by atoms with van der Waals surface area (Å²) in [5.74, 6) is 1.74. The zero-order chi connectivity index (χ0) is 14.4. The Balaban J connectivity index is 0.00000220. The number of hydrogen-bond donors (Lipinski definition) is 1. The Hall–Kier alpha value is -0.680. The summed E-state index contributed by atoms with van der Waals surface area (Å²) in [6.45, 7) is 6.59. The van der Waals surface area contributed by atoms with Gasteiger partial charge in [0.15, 0.2) is 0 Å². The summed E-state index contributed by atoms with van der Waals surface area (Å²) < 4.78 is 10.8. The van der Waals surface area contributed by atoms with Gasteiger partial charge < -0.3 is 14.8 Å². The lowest BCUT2D eigenvalue weighted by Gasteiger charge is -2.35. The predicted molar refractivity (Wildman–Crippen MR) is 96.1 cm³/mol. The van der Waals surface area contributed by atoms with Crippen LogP contribution in [-0.4, -0.2) is 45.3 Å². The van der Waals surface area contributed by atoms with Crippen LogP contribution < -0.4 is 14.8 Å². The largest absolute Gasteiger partial charge is 0.497 e. The highest BCUT2D eigenvalue weighted by atomic mass is 35.5. The van der Waals surface area contributed by atoms with Crippen molar-refractivity contribution in [3.63, 3.8) is 0 Å². The minimum atomic E-state index is 0. The molecule has 2 rings (SSSR count). The average molecular weight is 351 g/mol. The fraction of sp³-hybridized carbons (Fsp3) is 0.625. The molecule has 22 heavy (non-hydrogen) atoms. The smallest absolute Gasteiger partial charge is 0.122 e. The Morgan fingerprint density at radius 3 is 2.05 bits per heavy atom. The van der Waals surface area contributed by atoms with Gasteiger partial charge in [0.25, 0.3) is 0 Å². The van der Waals surface area contributed by atoms with Crippen LogP contribution in [0.2, 0.25) is 0 Å². The number of nitrogens with zero attached hydrogens (tertiary/aromatic N) is 1. The lowest BCUT2D eigenvalue weighted by molar-refractivity contribution is 0.164. The van der Waals surface area contributed by atoms with Crippen LogP contribution in [0.25, 0.3) is 0 Å². The van der Waals surface area contributed by atoms with E-state index < -0.39 is 0 Å². The Labute approximate surface area is 146 Å². The quantitative estimate of drug-likeness (QED) is 0.853. The van der Waals surface area contributed by atoms with Gasteiger partial charge in [-0.25, -0.2) is 0 Å². The zero-order valence-corrected chi connectivity index (χ0v) is 15.3. The molecule has 4 nitrogen and oxygen atoms in total. The van der Waals surface area contributed by atoms with Gasteiger partial charge in [-0.15, -0.1) is 24.8 Å². The Kier molecular flexibility index (Phi) is 10.6. The van der Waals surface area contributed by atoms with Crippen molar-refractivity contribution >= 4 is 24.8 Å². The third kappa shape index (κ3) is 5.51. The monoisotopic (exact) mass is 350 g/mol. The molecule has 1 saturated heterocycles. The highest BCUT2D eigenvalue weighted by Gasteiger charge is 2.22. The van der Waals surface area contributed by atoms with Gasteiger partial charge in [0.1, 0.15) is 11.5 Å². The van der Waals surface area contributed by atoms with Crippen molar-refractivity contribution in [2.24, 2.45) is 0 Å². The third-order valence-corrected chi connectivity index (χ3v) is 3.91. The van der Waals surface area contributed by atoms with E-state index in [9.17, 15) is 0 Å². The van der Waals surface area contributed by atoms with Crippen molar-refractivity contribution in [3.05, 3.63) is 23.8 Å². The van der Waals surface area contributed by atoms with Crippen molar-refractivity contribution < 1.29 is 9.47 Å². The van der Waals surface area contributed by atoms with Gasteiger partial charge >= 0.3 is 0 Å². The Morgan fingerprint density at radius 2 is 1.59 bits per heavy atom. The molecule has 0 radical (unpaired) electrons. The molecule has 1 heterocycles. The van der Waals surface area contributed by atoms with Crippen LogP contribution in [0.5, 0.6) is 11.5 Å². The molecule has 0 aromatic heterocycles. The molecule has 1 aliphatic heterocycles. The summed E-state index contributed by atoms with van der Waals surface area (Å²) >= 11 is 0. The zero-order valence-electron chi connectivity index (χ0n) is 13.6. The van der Waals surface area contributed by atoms with Gasteiger partial charge in [-0.1, -0.05) is 13.3 Å². The Morgan fingerprint density at radius 1 is 1.05 bits per heavy atom. The van der Waals surface area contributed by atoms with E-state index in [2.05, 4.69) is 29.3 Å². The van der Waals surface area contributed by atoms with Crippen LogP contribution in [-0.2, 0) is 0 Å². The lowest BCUT2D eigenvalue weighted by atomic mass is 9.99. The predicted octanol–water partition coefficient (Wildman–Crippen LogP) is 3.29. The first-order valence-electron chi connectivity index (χ1n) is 7.46. The van der Waals surface area contributed by atoms with E-state index in [0.717, 1.165) is 44.1 Å². The molecule has 1 fully saturated rings. The molecule has 1 aromatic rings. The van der Waals surface area contributed by atoms with Gasteiger partial charge in [-0.2, -0.15) is 0 Å². The number of ether oxygens (including phenoxy) is 2. The molecular weight excluding hydrogens is 323 g/mol. The standard InChI is InChI=1S/C16H26N2O2.2ClH/c1-4-5-16(18-8-6-17-7-9-18)13-10-14(19-2)12-15(11-13)20-3;;/h10-12,16-17H,4-9H2,1-3H3;2*1H/t16-;;/m1../s1. The van der Waals surface area contributed by atoms with Crippen molar-refractivity contribution in [2.75, 3.05) is 40.4 Å². The van der Waals surface area contributed by atoms with Crippen molar-refractivity contribution in [3.8, 4) is 11.5 Å². The number of hydrogen-bond acceptors (Lipinski definition) is 4. The van der Waals surface area contributed by atoms with E-state index in [1.807, 2.05) is 6.07 Å². The Bertz CT molecular complexity index is 404. The first-order valence-corrected chi connectivity index (χ1v) is 7.46. The second-order valence-corrected chi connectivity index (χ2v) is 5.24. The van der Waals surface area contributed by atoms with Crippen LogP contribution >= 0.6 is 24.8 Å². The second kappa shape index (κ2) is 10.9. The molecule has 1 atom stereocenters. The van der Waals surface area contributed by atoms with Gasteiger partial charge in [0.2, 0.25) is 0 Å². The molecule has 1 aliphatic rings. The van der Waals surface area contributed by atoms with E-state index in [1.54, 1.807) is 14.2 Å². The highest BCUT2D eigenvalue weighted by molar-refractivity contribution is 5.85. The van der Waals surface area contributed by atoms with Gasteiger partial charge in [0.05, 0.1) is 14.2 Å². The maximum Gasteiger partial charge on any atom is 0.122 e. The maximum absolute atomic E-state index is 5.40. The summed E-state index contributed by atoms with van der Waals surface area (Å²) in [5.41, 5.74) is 1.30. The molecule has 1 N–H and O–H groups in total. The molecule has 1 aromatic carbocycles. The molecular formula is C16H28Cl2N2O2. The molecule has 0 bridgehead atoms. The van der Waals surface area contributed by atoms with Crippen LogP contribution in [0.15, 0.2) is 18.2 Å². The fourth-order valence-electron chi connectivity index (χ4n) is 2.85. The molecule has 0 aliphatic carbocycles. The summed E-state index contributed by atoms with van der Waals surface area (Å²) in [6.07, 6.45) is 2.34. The van der Waals surface area contributed by atoms with Gasteiger partial charge in [0, 0.05) is 38.3 Å². The first kappa shape index (κ1) is 21.3. The molecule has 6 heteroatoms. The number of nitrogens with one attached hydrogen (secondary N) is 1. The van der Waals surface area contributed by atoms with Crippen LogP contribution in [0.4, 0.5) is 0 Å². The lowest BCUT2D eigenvalue weighted by Crippen LogP contribution is -2.45. The van der Waals surface area contributed by atoms with E-state index >= 15 is 0 Å². The number of piperazine rings is 1. The molecule has 0 spiro atoms. The van der Waals surface area contributed by atoms with E-state index in [0.29, 0.717) is 6.04 Å². The number of methoxy groups -OCH3 is 2. The molecule has 0 amide bonds. The first-order chi connectivity index (χ1) is 9.78. The number of halogens is 2. The molecule has 128 valence electrons. The van der Waals surface area contributed by atoms with Crippen LogP contribution in [0.3, 0.4) is 0 Å². The summed E-state index contributed by atoms with van der Waals surface area (Å²) in [4.78, 5) is 2.56. The molecule has 0 saturated carbocycles. The summed E-state index contributed by atoms with van der Waals surface area (Å²) in [5, 5.41) is 3.42. The molecule has 0 unspecified atom stereocenters. The summed E-state index contributed by atoms with van der Waals surface area (Å²) in [6, 6.07) is 6.67. The van der Waals surface area contributed by atoms with Crippen LogP contribution in [0.1, 0.15) is 31.4 Å². The topological polar surface area (TPSA) is 33.7 Å². The normalized spacial score (nSPS) is 16.1. The van der Waals surface area contributed by atoms with E-state index in [4.69, 9.17) is 9.47 Å². The third-order valence-electron chi connectivity index (χ3n) is 3.91. The highest BCUT2D eigenvalue weighted by Crippen LogP contribution is 2.32. The van der Waals surface area contributed by atoms with Crippen LogP contribution in [0, 0.1) is 0 Å². The van der Waals surface area contributed by atoms with Crippen molar-refractivity contribution in [2.45, 2.75) is 25.8 Å². The van der Waals surface area contributed by atoms with Crippen molar-refractivity contribution in [1.82, 2.24) is 10.2 Å². The fourth-order valence-corrected chi connectivity index (χ4v) is 2.85. The minimum Gasteiger partial charge on any atom is -0.497 e. The number of benzene rings is 1. The van der Waals surface area contributed by atoms with Crippen molar-refractivity contribution in [1.29, 1.82) is 0 Å². The second-order valence-electron chi connectivity index (χ2n) is 5.24. The van der Waals surface area contributed by atoms with Gasteiger partial charge in [-0.3, -0.25) is 4.90 Å². The minimum absolute atomic E-state index is 0. The van der Waals surface area contributed by atoms with Gasteiger partial charge in [-0.05, 0) is 24.1 Å². The van der Waals surface area contributed by atoms with E-state index in [-0.39, 0.29) is 24.8 Å². The summed E-state index contributed by atoms with van der Waals surface area (Å²) in [7, 11) is 3.41. The number of rotatable bonds is 6. The van der Waals surface area contributed by atoms with E-state index in [1.165, 1.54) is 12.0 Å². The SMILES string of the molecule is CCC[C@H](c1cc(OC)cc(OC)c1)N1CCNCC1.Cl.Cl.